The standard InChI is InChI=1S/C16H23N5O3/c1-3-13-19-15(24-20-13)7-6-14(22)18-11-4-5-12(16(11)23)21-9-8-17-10(21)2/h8-9,11-12,16,23H,3-7H2,1-2H3,(H,18,22)/t11-,12-,16-/m1/s1. The first kappa shape index (κ1) is 16.6. The first-order chi connectivity index (χ1) is 11.6. The van der Waals surface area contributed by atoms with Crippen LogP contribution in [0, 0.1) is 6.92 Å². The van der Waals surface area contributed by atoms with E-state index in [1.165, 1.54) is 0 Å². The van der Waals surface area contributed by atoms with Crippen LogP contribution in [0.15, 0.2) is 16.9 Å². The maximum absolute atomic E-state index is 12.1. The summed E-state index contributed by atoms with van der Waals surface area (Å²) in [6.45, 7) is 3.86. The molecule has 0 bridgehead atoms. The Kier molecular flexibility index (Phi) is 4.94. The van der Waals surface area contributed by atoms with E-state index in [1.54, 1.807) is 6.20 Å². The number of imidazole rings is 1. The quantitative estimate of drug-likeness (QED) is 0.815. The average molecular weight is 333 g/mol. The Balaban J connectivity index is 1.50. The lowest BCUT2D eigenvalue weighted by Gasteiger charge is -2.22. The third-order valence-corrected chi connectivity index (χ3v) is 4.54. The van der Waals surface area contributed by atoms with E-state index in [2.05, 4.69) is 20.4 Å². The Hall–Kier alpha value is -2.22. The summed E-state index contributed by atoms with van der Waals surface area (Å²) in [5.41, 5.74) is 0. The fraction of sp³-hybridized carbons (Fsp3) is 0.625. The molecule has 1 fully saturated rings. The smallest absolute Gasteiger partial charge is 0.227 e. The second-order valence-electron chi connectivity index (χ2n) is 6.15. The molecule has 3 atom stereocenters. The average Bonchev–Trinajstić information content (AvgIpc) is 3.27. The van der Waals surface area contributed by atoms with Gasteiger partial charge < -0.3 is 19.5 Å². The Morgan fingerprint density at radius 1 is 1.50 bits per heavy atom. The molecule has 3 rings (SSSR count). The van der Waals surface area contributed by atoms with Gasteiger partial charge in [0, 0.05) is 31.7 Å². The minimum Gasteiger partial charge on any atom is -0.389 e. The predicted molar refractivity (Wildman–Crippen MR) is 85.2 cm³/mol. The molecule has 2 aromatic rings. The lowest BCUT2D eigenvalue weighted by atomic mass is 10.1. The number of nitrogens with zero attached hydrogens (tertiary/aromatic N) is 4. The van der Waals surface area contributed by atoms with E-state index < -0.39 is 6.10 Å². The van der Waals surface area contributed by atoms with Crippen LogP contribution in [0.1, 0.15) is 49.8 Å². The third-order valence-electron chi connectivity index (χ3n) is 4.54. The zero-order valence-corrected chi connectivity index (χ0v) is 14.0. The molecular formula is C16H23N5O3. The highest BCUT2D eigenvalue weighted by Crippen LogP contribution is 2.31. The molecule has 130 valence electrons. The Morgan fingerprint density at radius 2 is 2.33 bits per heavy atom. The van der Waals surface area contributed by atoms with E-state index in [-0.39, 0.29) is 24.4 Å². The molecule has 0 radical (unpaired) electrons. The topological polar surface area (TPSA) is 106 Å². The van der Waals surface area contributed by atoms with Gasteiger partial charge in [0.15, 0.2) is 5.82 Å². The highest BCUT2D eigenvalue weighted by molar-refractivity contribution is 5.76. The summed E-state index contributed by atoms with van der Waals surface area (Å²) in [4.78, 5) is 20.5. The number of carbonyl (C=O) groups excluding carboxylic acids is 1. The van der Waals surface area contributed by atoms with Gasteiger partial charge >= 0.3 is 0 Å². The van der Waals surface area contributed by atoms with Crippen LogP contribution in [0.5, 0.6) is 0 Å². The van der Waals surface area contributed by atoms with Crippen molar-refractivity contribution in [2.24, 2.45) is 0 Å². The van der Waals surface area contributed by atoms with Crippen LogP contribution >= 0.6 is 0 Å². The number of rotatable bonds is 6. The summed E-state index contributed by atoms with van der Waals surface area (Å²) in [6.07, 6.45) is 5.92. The van der Waals surface area contributed by atoms with E-state index >= 15 is 0 Å². The number of aromatic nitrogens is 4. The first-order valence-electron chi connectivity index (χ1n) is 8.36. The van der Waals surface area contributed by atoms with Crippen LogP contribution < -0.4 is 5.32 Å². The monoisotopic (exact) mass is 333 g/mol. The Bertz CT molecular complexity index is 695. The summed E-state index contributed by atoms with van der Waals surface area (Å²) < 4.78 is 7.05. The predicted octanol–water partition coefficient (Wildman–Crippen LogP) is 0.950. The van der Waals surface area contributed by atoms with Gasteiger partial charge in [-0.3, -0.25) is 4.79 Å². The van der Waals surface area contributed by atoms with Crippen LogP contribution in [-0.2, 0) is 17.6 Å². The van der Waals surface area contributed by atoms with Crippen molar-refractivity contribution in [1.82, 2.24) is 25.0 Å². The molecule has 8 nitrogen and oxygen atoms in total. The highest BCUT2D eigenvalue weighted by atomic mass is 16.5. The maximum atomic E-state index is 12.1. The number of nitrogens with one attached hydrogen (secondary N) is 1. The summed E-state index contributed by atoms with van der Waals surface area (Å²) in [7, 11) is 0. The number of amides is 1. The maximum Gasteiger partial charge on any atom is 0.227 e. The van der Waals surface area contributed by atoms with E-state index in [0.717, 1.165) is 18.7 Å². The molecule has 1 aliphatic rings. The van der Waals surface area contributed by atoms with Gasteiger partial charge in [0.2, 0.25) is 11.8 Å². The molecule has 0 spiro atoms. The van der Waals surface area contributed by atoms with Gasteiger partial charge in [-0.05, 0) is 19.8 Å². The lowest BCUT2D eigenvalue weighted by Crippen LogP contribution is -2.42. The molecule has 1 aliphatic carbocycles. The van der Waals surface area contributed by atoms with Crippen molar-refractivity contribution in [1.29, 1.82) is 0 Å². The van der Waals surface area contributed by atoms with Crippen LogP contribution in [0.3, 0.4) is 0 Å². The van der Waals surface area contributed by atoms with Crippen LogP contribution in [0.2, 0.25) is 0 Å². The molecule has 0 unspecified atom stereocenters. The lowest BCUT2D eigenvalue weighted by molar-refractivity contribution is -0.122. The second kappa shape index (κ2) is 7.12. The number of aliphatic hydroxyl groups is 1. The molecular weight excluding hydrogens is 310 g/mol. The minimum atomic E-state index is -0.614. The number of hydrogen-bond acceptors (Lipinski definition) is 6. The zero-order chi connectivity index (χ0) is 17.1. The Morgan fingerprint density at radius 3 is 3.00 bits per heavy atom. The van der Waals surface area contributed by atoms with Gasteiger partial charge in [-0.25, -0.2) is 4.98 Å². The number of hydrogen-bond donors (Lipinski definition) is 2. The summed E-state index contributed by atoms with van der Waals surface area (Å²) >= 11 is 0. The normalized spacial score (nSPS) is 23.5. The molecule has 0 aliphatic heterocycles. The van der Waals surface area contributed by atoms with Crippen molar-refractivity contribution in [2.75, 3.05) is 0 Å². The van der Waals surface area contributed by atoms with Crippen molar-refractivity contribution in [2.45, 2.75) is 64.1 Å². The second-order valence-corrected chi connectivity index (χ2v) is 6.15. The van der Waals surface area contributed by atoms with Crippen molar-refractivity contribution >= 4 is 5.91 Å². The minimum absolute atomic E-state index is 0.0409. The molecule has 0 saturated heterocycles. The van der Waals surface area contributed by atoms with Gasteiger partial charge in [0.05, 0.1) is 18.2 Å². The van der Waals surface area contributed by atoms with Gasteiger partial charge in [0.1, 0.15) is 5.82 Å². The van der Waals surface area contributed by atoms with E-state index in [0.29, 0.717) is 24.6 Å². The third kappa shape index (κ3) is 3.48. The van der Waals surface area contributed by atoms with E-state index in [1.807, 2.05) is 24.6 Å². The molecule has 8 heteroatoms. The summed E-state index contributed by atoms with van der Waals surface area (Å²) in [5, 5.41) is 17.2. The Labute approximate surface area is 140 Å². The molecule has 1 amide bonds. The van der Waals surface area contributed by atoms with Gasteiger partial charge in [-0.15, -0.1) is 0 Å². The SMILES string of the molecule is CCc1noc(CCC(=O)N[C@@H]2CC[C@@H](n3ccnc3C)[C@@H]2O)n1. The molecule has 2 heterocycles. The largest absolute Gasteiger partial charge is 0.389 e. The number of carbonyl (C=O) groups is 1. The van der Waals surface area contributed by atoms with Gasteiger partial charge in [-0.1, -0.05) is 12.1 Å². The molecule has 0 aromatic carbocycles. The number of aryl methyl sites for hydroxylation is 3. The molecule has 24 heavy (non-hydrogen) atoms. The van der Waals surface area contributed by atoms with Crippen molar-refractivity contribution < 1.29 is 14.4 Å². The van der Waals surface area contributed by atoms with Crippen molar-refractivity contribution in [3.8, 4) is 0 Å². The van der Waals surface area contributed by atoms with Crippen molar-refractivity contribution in [3.05, 3.63) is 29.9 Å². The van der Waals surface area contributed by atoms with E-state index in [9.17, 15) is 9.90 Å². The zero-order valence-electron chi connectivity index (χ0n) is 14.0. The fourth-order valence-corrected chi connectivity index (χ4v) is 3.19. The summed E-state index contributed by atoms with van der Waals surface area (Å²) in [5.74, 6) is 1.88. The first-order valence-corrected chi connectivity index (χ1v) is 8.36. The fourth-order valence-electron chi connectivity index (χ4n) is 3.19. The van der Waals surface area contributed by atoms with Gasteiger partial charge in [-0.2, -0.15) is 4.98 Å². The van der Waals surface area contributed by atoms with Crippen LogP contribution in [0.25, 0.3) is 0 Å². The summed E-state index contributed by atoms with van der Waals surface area (Å²) in [6, 6.07) is -0.279. The van der Waals surface area contributed by atoms with Gasteiger partial charge in [0.25, 0.3) is 0 Å². The van der Waals surface area contributed by atoms with Crippen LogP contribution in [0.4, 0.5) is 0 Å². The number of aliphatic hydroxyl groups excluding tert-OH is 1. The highest BCUT2D eigenvalue weighted by Gasteiger charge is 2.37. The van der Waals surface area contributed by atoms with E-state index in [4.69, 9.17) is 4.52 Å². The van der Waals surface area contributed by atoms with Crippen LogP contribution in [-0.4, -0.2) is 42.9 Å². The molecule has 1 saturated carbocycles. The molecule has 2 aromatic heterocycles. The molecule has 2 N–H and O–H groups in total. The van der Waals surface area contributed by atoms with Crippen molar-refractivity contribution in [3.63, 3.8) is 0 Å².